The van der Waals surface area contributed by atoms with Crippen molar-refractivity contribution >= 4 is 11.9 Å². The average molecular weight is 333 g/mol. The van der Waals surface area contributed by atoms with Crippen LogP contribution < -0.4 is 4.74 Å². The highest BCUT2D eigenvalue weighted by Gasteiger charge is 2.42. The van der Waals surface area contributed by atoms with Crippen LogP contribution in [0.15, 0.2) is 24.3 Å². The number of carboxylic acid groups (broad SMARTS) is 1. The van der Waals surface area contributed by atoms with Gasteiger partial charge >= 0.3 is 18.1 Å². The lowest BCUT2D eigenvalue weighted by Crippen LogP contribution is -2.44. The molecule has 1 aromatic carbocycles. The van der Waals surface area contributed by atoms with Gasteiger partial charge in [-0.3, -0.25) is 4.79 Å². The van der Waals surface area contributed by atoms with Gasteiger partial charge in [0.25, 0.3) is 0 Å². The first kappa shape index (κ1) is 18.8. The molecule has 0 radical (unpaired) electrons. The number of rotatable bonds is 6. The number of nitrogens with zero attached hydrogens (tertiary/aromatic N) is 1. The van der Waals surface area contributed by atoms with Gasteiger partial charge in [0.1, 0.15) is 5.75 Å². The van der Waals surface area contributed by atoms with E-state index in [1.54, 1.807) is 12.1 Å². The van der Waals surface area contributed by atoms with Gasteiger partial charge in [0, 0.05) is 13.1 Å². The van der Waals surface area contributed by atoms with Crippen molar-refractivity contribution in [2.45, 2.75) is 38.6 Å². The molecule has 8 heteroatoms. The molecule has 0 saturated carbocycles. The second-order valence-electron chi connectivity index (χ2n) is 5.21. The van der Waals surface area contributed by atoms with Gasteiger partial charge < -0.3 is 14.7 Å². The van der Waals surface area contributed by atoms with Crippen LogP contribution in [0.3, 0.4) is 0 Å². The number of carbonyl (C=O) groups excluding carboxylic acids is 1. The maximum Gasteiger partial charge on any atom is 0.471 e. The van der Waals surface area contributed by atoms with Crippen molar-refractivity contribution in [1.82, 2.24) is 4.90 Å². The summed E-state index contributed by atoms with van der Waals surface area (Å²) in [6.07, 6.45) is -5.67. The standard InChI is InChI=1S/C15H18F3NO4/c1-9(19(3)14(22)15(16,17)18)8-11-4-6-12(7-5-11)23-10(2)13(20)21/h4-7,9-10H,8H2,1-3H3,(H,20,21). The summed E-state index contributed by atoms with van der Waals surface area (Å²) >= 11 is 0. The second kappa shape index (κ2) is 7.34. The molecule has 0 aliphatic carbocycles. The third-order valence-electron chi connectivity index (χ3n) is 3.34. The second-order valence-corrected chi connectivity index (χ2v) is 5.21. The number of halogens is 3. The van der Waals surface area contributed by atoms with E-state index >= 15 is 0 Å². The molecule has 0 spiro atoms. The molecule has 23 heavy (non-hydrogen) atoms. The highest BCUT2D eigenvalue weighted by Crippen LogP contribution is 2.21. The lowest BCUT2D eigenvalue weighted by atomic mass is 10.1. The number of aliphatic carboxylic acids is 1. The number of hydrogen-bond donors (Lipinski definition) is 1. The molecule has 0 bridgehead atoms. The minimum Gasteiger partial charge on any atom is -0.479 e. The minimum absolute atomic E-state index is 0.229. The zero-order chi connectivity index (χ0) is 17.8. The SMILES string of the molecule is CC(Oc1ccc(CC(C)N(C)C(=O)C(F)(F)F)cc1)C(=O)O. The Morgan fingerprint density at radius 2 is 1.74 bits per heavy atom. The predicted octanol–water partition coefficient (Wildman–Crippen LogP) is 2.49. The van der Waals surface area contributed by atoms with E-state index in [9.17, 15) is 22.8 Å². The highest BCUT2D eigenvalue weighted by molar-refractivity contribution is 5.81. The first-order valence-corrected chi connectivity index (χ1v) is 6.84. The van der Waals surface area contributed by atoms with Gasteiger partial charge in [-0.05, 0) is 38.0 Å². The fourth-order valence-electron chi connectivity index (χ4n) is 1.84. The third kappa shape index (κ3) is 5.46. The van der Waals surface area contributed by atoms with Crippen LogP contribution >= 0.6 is 0 Å². The summed E-state index contributed by atoms with van der Waals surface area (Å²) < 4.78 is 42.3. The van der Waals surface area contributed by atoms with Gasteiger partial charge in [-0.15, -0.1) is 0 Å². The molecule has 5 nitrogen and oxygen atoms in total. The molecule has 128 valence electrons. The molecule has 0 aliphatic rings. The quantitative estimate of drug-likeness (QED) is 0.868. The van der Waals surface area contributed by atoms with E-state index in [1.165, 1.54) is 26.0 Å². The molecule has 0 aromatic heterocycles. The third-order valence-corrected chi connectivity index (χ3v) is 3.34. The van der Waals surface area contributed by atoms with Crippen LogP contribution in [0.2, 0.25) is 0 Å². The van der Waals surface area contributed by atoms with Crippen molar-refractivity contribution in [3.8, 4) is 5.75 Å². The molecular weight excluding hydrogens is 315 g/mol. The number of alkyl halides is 3. The maximum absolute atomic E-state index is 12.4. The normalized spacial score (nSPS) is 14.0. The summed E-state index contributed by atoms with van der Waals surface area (Å²) in [5.74, 6) is -2.65. The zero-order valence-corrected chi connectivity index (χ0v) is 12.9. The fraction of sp³-hybridized carbons (Fsp3) is 0.467. The van der Waals surface area contributed by atoms with E-state index in [1.807, 2.05) is 0 Å². The molecular formula is C15H18F3NO4. The smallest absolute Gasteiger partial charge is 0.471 e. The maximum atomic E-state index is 12.4. The first-order valence-electron chi connectivity index (χ1n) is 6.84. The molecule has 1 rings (SSSR count). The molecule has 2 unspecified atom stereocenters. The average Bonchev–Trinajstić information content (AvgIpc) is 2.46. The molecule has 1 aromatic rings. The summed E-state index contributed by atoms with van der Waals surface area (Å²) in [6.45, 7) is 2.90. The van der Waals surface area contributed by atoms with Crippen molar-refractivity contribution < 1.29 is 32.6 Å². The first-order chi connectivity index (χ1) is 10.5. The number of carbonyl (C=O) groups is 2. The van der Waals surface area contributed by atoms with E-state index < -0.39 is 30.2 Å². The van der Waals surface area contributed by atoms with Crippen LogP contribution in [0.1, 0.15) is 19.4 Å². The van der Waals surface area contributed by atoms with Crippen molar-refractivity contribution in [2.75, 3.05) is 7.05 Å². The summed E-state index contributed by atoms with van der Waals surface area (Å²) in [7, 11) is 1.10. The van der Waals surface area contributed by atoms with Crippen molar-refractivity contribution in [2.24, 2.45) is 0 Å². The van der Waals surface area contributed by atoms with Gasteiger partial charge in [-0.2, -0.15) is 13.2 Å². The Morgan fingerprint density at radius 1 is 1.22 bits per heavy atom. The Balaban J connectivity index is 2.67. The topological polar surface area (TPSA) is 66.8 Å². The Bertz CT molecular complexity index is 557. The summed E-state index contributed by atoms with van der Waals surface area (Å²) in [4.78, 5) is 22.5. The van der Waals surface area contributed by atoms with Crippen LogP contribution in [0, 0.1) is 0 Å². The number of benzene rings is 1. The highest BCUT2D eigenvalue weighted by atomic mass is 19.4. The van der Waals surface area contributed by atoms with E-state index in [2.05, 4.69) is 0 Å². The number of amides is 1. The Kier molecular flexibility index (Phi) is 6.00. The van der Waals surface area contributed by atoms with E-state index in [4.69, 9.17) is 9.84 Å². The van der Waals surface area contributed by atoms with Crippen molar-refractivity contribution in [3.05, 3.63) is 29.8 Å². The zero-order valence-electron chi connectivity index (χ0n) is 12.9. The molecule has 0 aliphatic heterocycles. The Morgan fingerprint density at radius 3 is 2.17 bits per heavy atom. The van der Waals surface area contributed by atoms with Crippen LogP contribution in [0.25, 0.3) is 0 Å². The largest absolute Gasteiger partial charge is 0.479 e. The number of ether oxygens (including phenoxy) is 1. The van der Waals surface area contributed by atoms with E-state index in [0.29, 0.717) is 16.2 Å². The van der Waals surface area contributed by atoms with Gasteiger partial charge in [0.2, 0.25) is 0 Å². The fourth-order valence-corrected chi connectivity index (χ4v) is 1.84. The lowest BCUT2D eigenvalue weighted by molar-refractivity contribution is -0.185. The van der Waals surface area contributed by atoms with Crippen LogP contribution in [-0.4, -0.2) is 47.3 Å². The van der Waals surface area contributed by atoms with Gasteiger partial charge in [-0.25, -0.2) is 4.79 Å². The lowest BCUT2D eigenvalue weighted by Gasteiger charge is -2.26. The summed E-state index contributed by atoms with van der Waals surface area (Å²) in [6, 6.07) is 5.66. The van der Waals surface area contributed by atoms with E-state index in [-0.39, 0.29) is 6.42 Å². The molecule has 1 N–H and O–H groups in total. The number of hydrogen-bond acceptors (Lipinski definition) is 3. The summed E-state index contributed by atoms with van der Waals surface area (Å²) in [5.41, 5.74) is 0.703. The van der Waals surface area contributed by atoms with Crippen LogP contribution in [-0.2, 0) is 16.0 Å². The Hall–Kier alpha value is -2.25. The number of likely N-dealkylation sites (N-methyl/N-ethyl adjacent to an activating group) is 1. The predicted molar refractivity (Wildman–Crippen MR) is 76.2 cm³/mol. The monoisotopic (exact) mass is 333 g/mol. The molecule has 0 heterocycles. The molecule has 0 saturated heterocycles. The van der Waals surface area contributed by atoms with E-state index in [0.717, 1.165) is 7.05 Å². The number of carboxylic acids is 1. The van der Waals surface area contributed by atoms with Crippen LogP contribution in [0.5, 0.6) is 5.75 Å². The van der Waals surface area contributed by atoms with Crippen molar-refractivity contribution in [3.63, 3.8) is 0 Å². The van der Waals surface area contributed by atoms with Gasteiger partial charge in [0.05, 0.1) is 0 Å². The van der Waals surface area contributed by atoms with Crippen LogP contribution in [0.4, 0.5) is 13.2 Å². The van der Waals surface area contributed by atoms with Gasteiger partial charge in [0.15, 0.2) is 6.10 Å². The molecule has 0 fully saturated rings. The minimum atomic E-state index is -4.90. The molecule has 2 atom stereocenters. The van der Waals surface area contributed by atoms with Gasteiger partial charge in [-0.1, -0.05) is 12.1 Å². The molecule has 1 amide bonds. The summed E-state index contributed by atoms with van der Waals surface area (Å²) in [5, 5.41) is 8.74. The Labute approximate surface area is 131 Å². The van der Waals surface area contributed by atoms with Crippen molar-refractivity contribution in [1.29, 1.82) is 0 Å².